The van der Waals surface area contributed by atoms with Gasteiger partial charge in [0.2, 0.25) is 5.95 Å². The number of aromatic nitrogens is 2. The third-order valence-electron chi connectivity index (χ3n) is 2.66. The zero-order valence-corrected chi connectivity index (χ0v) is 11.7. The maximum atomic E-state index is 9.87. The molecule has 2 rings (SSSR count). The van der Waals surface area contributed by atoms with Crippen molar-refractivity contribution in [3.8, 4) is 5.75 Å². The third-order valence-corrected chi connectivity index (χ3v) is 2.66. The highest BCUT2D eigenvalue weighted by Crippen LogP contribution is 2.09. The molecule has 0 aliphatic carbocycles. The number of hydrogen-bond acceptors (Lipinski definition) is 5. The van der Waals surface area contributed by atoms with Crippen LogP contribution in [-0.4, -0.2) is 34.3 Å². The van der Waals surface area contributed by atoms with Crippen molar-refractivity contribution >= 4 is 5.95 Å². The van der Waals surface area contributed by atoms with Gasteiger partial charge in [0.05, 0.1) is 0 Å². The van der Waals surface area contributed by atoms with E-state index in [1.54, 1.807) is 0 Å². The molecule has 0 saturated heterocycles. The van der Waals surface area contributed by atoms with Crippen LogP contribution in [0, 0.1) is 13.8 Å². The summed E-state index contributed by atoms with van der Waals surface area (Å²) in [6.07, 6.45) is -0.625. The van der Waals surface area contributed by atoms with Gasteiger partial charge in [-0.05, 0) is 32.0 Å². The monoisotopic (exact) mass is 273 g/mol. The minimum absolute atomic E-state index is 0.224. The Hall–Kier alpha value is -2.14. The van der Waals surface area contributed by atoms with Crippen LogP contribution >= 0.6 is 0 Å². The number of para-hydroxylation sites is 1. The summed E-state index contributed by atoms with van der Waals surface area (Å²) in [5.74, 6) is 1.27. The standard InChI is InChI=1S/C15H19N3O2/c1-11-8-12(2)18-15(17-11)16-9-13(19)10-20-14-6-4-3-5-7-14/h3-8,13,19H,9-10H2,1-2H3,(H,16,17,18)/t13-/m0/s1. The van der Waals surface area contributed by atoms with Gasteiger partial charge in [-0.15, -0.1) is 0 Å². The first-order valence-corrected chi connectivity index (χ1v) is 6.55. The first-order chi connectivity index (χ1) is 9.63. The van der Waals surface area contributed by atoms with Gasteiger partial charge in [0.25, 0.3) is 0 Å². The highest BCUT2D eigenvalue weighted by molar-refractivity contribution is 5.27. The van der Waals surface area contributed by atoms with Crippen LogP contribution in [0.4, 0.5) is 5.95 Å². The molecule has 0 radical (unpaired) electrons. The van der Waals surface area contributed by atoms with E-state index in [0.717, 1.165) is 17.1 Å². The summed E-state index contributed by atoms with van der Waals surface area (Å²) in [5.41, 5.74) is 1.80. The van der Waals surface area contributed by atoms with E-state index in [9.17, 15) is 5.11 Å². The van der Waals surface area contributed by atoms with E-state index in [4.69, 9.17) is 4.74 Å². The van der Waals surface area contributed by atoms with Gasteiger partial charge in [-0.1, -0.05) is 18.2 Å². The zero-order chi connectivity index (χ0) is 14.4. The lowest BCUT2D eigenvalue weighted by atomic mass is 10.3. The number of anilines is 1. The van der Waals surface area contributed by atoms with Crippen molar-refractivity contribution < 1.29 is 9.84 Å². The number of ether oxygens (including phenoxy) is 1. The molecular formula is C15H19N3O2. The molecule has 0 amide bonds. The average molecular weight is 273 g/mol. The van der Waals surface area contributed by atoms with Crippen LogP contribution in [0.25, 0.3) is 0 Å². The van der Waals surface area contributed by atoms with Crippen molar-refractivity contribution in [2.45, 2.75) is 20.0 Å². The van der Waals surface area contributed by atoms with E-state index >= 15 is 0 Å². The molecular weight excluding hydrogens is 254 g/mol. The summed E-state index contributed by atoms with van der Waals surface area (Å²) < 4.78 is 5.47. The Morgan fingerprint density at radius 2 is 1.80 bits per heavy atom. The molecule has 106 valence electrons. The van der Waals surface area contributed by atoms with Crippen LogP contribution in [0.3, 0.4) is 0 Å². The molecule has 0 saturated carbocycles. The van der Waals surface area contributed by atoms with Gasteiger partial charge in [-0.3, -0.25) is 0 Å². The quantitative estimate of drug-likeness (QED) is 0.842. The highest BCUT2D eigenvalue weighted by Gasteiger charge is 2.06. The van der Waals surface area contributed by atoms with Crippen molar-refractivity contribution in [2.24, 2.45) is 0 Å². The van der Waals surface area contributed by atoms with Crippen molar-refractivity contribution in [1.82, 2.24) is 9.97 Å². The summed E-state index contributed by atoms with van der Waals surface area (Å²) >= 11 is 0. The number of hydrogen-bond donors (Lipinski definition) is 2. The smallest absolute Gasteiger partial charge is 0.223 e. The predicted molar refractivity (Wildman–Crippen MR) is 77.9 cm³/mol. The van der Waals surface area contributed by atoms with Gasteiger partial charge in [0.1, 0.15) is 18.5 Å². The number of aliphatic hydroxyl groups is 1. The molecule has 1 aromatic heterocycles. The molecule has 2 N–H and O–H groups in total. The Balaban J connectivity index is 1.78. The van der Waals surface area contributed by atoms with Crippen LogP contribution in [0.15, 0.2) is 36.4 Å². The second-order valence-electron chi connectivity index (χ2n) is 4.63. The largest absolute Gasteiger partial charge is 0.491 e. The second kappa shape index (κ2) is 6.86. The van der Waals surface area contributed by atoms with Gasteiger partial charge in [-0.25, -0.2) is 9.97 Å². The van der Waals surface area contributed by atoms with Crippen molar-refractivity contribution in [3.63, 3.8) is 0 Å². The number of nitrogens with one attached hydrogen (secondary N) is 1. The van der Waals surface area contributed by atoms with E-state index in [1.807, 2.05) is 50.2 Å². The van der Waals surface area contributed by atoms with Crippen LogP contribution in [0.1, 0.15) is 11.4 Å². The normalized spacial score (nSPS) is 11.9. The SMILES string of the molecule is Cc1cc(C)nc(NC[C@H](O)COc2ccccc2)n1. The first-order valence-electron chi connectivity index (χ1n) is 6.55. The average Bonchev–Trinajstić information content (AvgIpc) is 2.43. The fourth-order valence-corrected chi connectivity index (χ4v) is 1.78. The minimum atomic E-state index is -0.625. The molecule has 0 fully saturated rings. The van der Waals surface area contributed by atoms with E-state index < -0.39 is 6.10 Å². The van der Waals surface area contributed by atoms with Gasteiger partial charge in [-0.2, -0.15) is 0 Å². The number of benzene rings is 1. The maximum Gasteiger partial charge on any atom is 0.223 e. The molecule has 1 heterocycles. The summed E-state index contributed by atoms with van der Waals surface area (Å²) in [4.78, 5) is 8.50. The molecule has 0 spiro atoms. The van der Waals surface area contributed by atoms with E-state index in [-0.39, 0.29) is 6.61 Å². The fourth-order valence-electron chi connectivity index (χ4n) is 1.78. The van der Waals surface area contributed by atoms with Gasteiger partial charge in [0.15, 0.2) is 0 Å². The highest BCUT2D eigenvalue weighted by atomic mass is 16.5. The molecule has 0 aliphatic heterocycles. The molecule has 1 aromatic carbocycles. The van der Waals surface area contributed by atoms with Crippen molar-refractivity contribution in [1.29, 1.82) is 0 Å². The van der Waals surface area contributed by atoms with E-state index in [2.05, 4.69) is 15.3 Å². The van der Waals surface area contributed by atoms with Crippen molar-refractivity contribution in [2.75, 3.05) is 18.5 Å². The molecule has 2 aromatic rings. The maximum absolute atomic E-state index is 9.87. The summed E-state index contributed by atoms with van der Waals surface area (Å²) in [5, 5.41) is 12.9. The Kier molecular flexibility index (Phi) is 4.90. The zero-order valence-electron chi connectivity index (χ0n) is 11.7. The van der Waals surface area contributed by atoms with Crippen LogP contribution in [0.5, 0.6) is 5.75 Å². The van der Waals surface area contributed by atoms with E-state index in [1.165, 1.54) is 0 Å². The first kappa shape index (κ1) is 14.3. The van der Waals surface area contributed by atoms with Crippen LogP contribution in [-0.2, 0) is 0 Å². The Bertz CT molecular complexity index is 526. The summed E-state index contributed by atoms with van der Waals surface area (Å²) in [6.45, 7) is 4.39. The molecule has 0 bridgehead atoms. The second-order valence-corrected chi connectivity index (χ2v) is 4.63. The van der Waals surface area contributed by atoms with Crippen LogP contribution < -0.4 is 10.1 Å². The van der Waals surface area contributed by atoms with E-state index in [0.29, 0.717) is 12.5 Å². The lowest BCUT2D eigenvalue weighted by Crippen LogP contribution is -2.27. The van der Waals surface area contributed by atoms with Crippen LogP contribution in [0.2, 0.25) is 0 Å². The van der Waals surface area contributed by atoms with Crippen molar-refractivity contribution in [3.05, 3.63) is 47.8 Å². The number of rotatable bonds is 6. The lowest BCUT2D eigenvalue weighted by molar-refractivity contribution is 0.117. The molecule has 5 nitrogen and oxygen atoms in total. The Morgan fingerprint density at radius 3 is 2.45 bits per heavy atom. The molecule has 0 unspecified atom stereocenters. The molecule has 1 atom stereocenters. The number of aryl methyl sites for hydroxylation is 2. The fraction of sp³-hybridized carbons (Fsp3) is 0.333. The predicted octanol–water partition coefficient (Wildman–Crippen LogP) is 1.95. The van der Waals surface area contributed by atoms with Gasteiger partial charge in [0, 0.05) is 17.9 Å². The molecule has 20 heavy (non-hydrogen) atoms. The molecule has 5 heteroatoms. The Morgan fingerprint density at radius 1 is 1.15 bits per heavy atom. The molecule has 0 aliphatic rings. The summed E-state index contributed by atoms with van der Waals surface area (Å²) in [7, 11) is 0. The third kappa shape index (κ3) is 4.51. The lowest BCUT2D eigenvalue weighted by Gasteiger charge is -2.13. The number of nitrogens with zero attached hydrogens (tertiary/aromatic N) is 2. The topological polar surface area (TPSA) is 67.3 Å². The summed E-state index contributed by atoms with van der Waals surface area (Å²) in [6, 6.07) is 11.3. The van der Waals surface area contributed by atoms with Gasteiger partial charge >= 0.3 is 0 Å². The Labute approximate surface area is 118 Å². The minimum Gasteiger partial charge on any atom is -0.491 e. The van der Waals surface area contributed by atoms with Gasteiger partial charge < -0.3 is 15.2 Å². The number of aliphatic hydroxyl groups excluding tert-OH is 1.